The second-order valence-electron chi connectivity index (χ2n) is 4.15. The molecule has 19 heavy (non-hydrogen) atoms. The lowest BCUT2D eigenvalue weighted by molar-refractivity contribution is -0.142. The van der Waals surface area contributed by atoms with Crippen molar-refractivity contribution in [1.29, 1.82) is 0 Å². The van der Waals surface area contributed by atoms with E-state index in [0.29, 0.717) is 19.0 Å². The molecule has 0 saturated carbocycles. The van der Waals surface area contributed by atoms with Gasteiger partial charge in [-0.2, -0.15) is 13.2 Å². The predicted molar refractivity (Wildman–Crippen MR) is 63.8 cm³/mol. The first-order valence-electron chi connectivity index (χ1n) is 5.80. The zero-order valence-electron chi connectivity index (χ0n) is 10.6. The van der Waals surface area contributed by atoms with Crippen molar-refractivity contribution in [2.75, 3.05) is 5.32 Å². The summed E-state index contributed by atoms with van der Waals surface area (Å²) in [6, 6.07) is 2.00. The average Bonchev–Trinajstić information content (AvgIpc) is 2.35. The van der Waals surface area contributed by atoms with E-state index in [1.54, 1.807) is 13.8 Å². The number of halogens is 3. The lowest BCUT2D eigenvalue weighted by Crippen LogP contribution is -2.45. The molecule has 0 saturated heterocycles. The van der Waals surface area contributed by atoms with E-state index in [9.17, 15) is 23.1 Å². The molecule has 0 aliphatic heterocycles. The summed E-state index contributed by atoms with van der Waals surface area (Å²) in [4.78, 5) is 14.9. The maximum absolute atomic E-state index is 12.4. The molecule has 2 N–H and O–H groups in total. The van der Waals surface area contributed by atoms with Gasteiger partial charge in [-0.1, -0.05) is 13.8 Å². The molecule has 1 aromatic heterocycles. The number of rotatable bonds is 5. The second kappa shape index (κ2) is 5.46. The molecule has 0 fully saturated rings. The van der Waals surface area contributed by atoms with Gasteiger partial charge in [-0.05, 0) is 25.0 Å². The molecule has 1 rings (SSSR count). The molecule has 1 heterocycles. The van der Waals surface area contributed by atoms with Gasteiger partial charge in [0.25, 0.3) is 0 Å². The van der Waals surface area contributed by atoms with Crippen LogP contribution in [0.4, 0.5) is 19.0 Å². The van der Waals surface area contributed by atoms with E-state index in [-0.39, 0.29) is 5.82 Å². The molecule has 0 unspecified atom stereocenters. The summed E-state index contributed by atoms with van der Waals surface area (Å²) in [7, 11) is 0. The second-order valence-corrected chi connectivity index (χ2v) is 4.15. The first kappa shape index (κ1) is 15.3. The van der Waals surface area contributed by atoms with Gasteiger partial charge in [0.2, 0.25) is 0 Å². The van der Waals surface area contributed by atoms with Crippen LogP contribution in [0.1, 0.15) is 32.3 Å². The number of anilines is 1. The molecule has 106 valence electrons. The third-order valence-corrected chi connectivity index (χ3v) is 3.07. The first-order chi connectivity index (χ1) is 8.75. The topological polar surface area (TPSA) is 62.2 Å². The Bertz CT molecular complexity index is 439. The number of pyridine rings is 1. The summed E-state index contributed by atoms with van der Waals surface area (Å²) >= 11 is 0. The van der Waals surface area contributed by atoms with Crippen molar-refractivity contribution in [3.63, 3.8) is 0 Å². The van der Waals surface area contributed by atoms with Crippen molar-refractivity contribution in [3.8, 4) is 0 Å². The summed E-state index contributed by atoms with van der Waals surface area (Å²) in [6.07, 6.45) is -3.19. The van der Waals surface area contributed by atoms with Crippen LogP contribution in [0.15, 0.2) is 18.3 Å². The highest BCUT2D eigenvalue weighted by atomic mass is 19.4. The van der Waals surface area contributed by atoms with Gasteiger partial charge in [0, 0.05) is 6.20 Å². The predicted octanol–water partition coefficient (Wildman–Crippen LogP) is 3.16. The molecule has 0 bridgehead atoms. The quantitative estimate of drug-likeness (QED) is 0.867. The van der Waals surface area contributed by atoms with Gasteiger partial charge in [0.15, 0.2) is 0 Å². The minimum Gasteiger partial charge on any atom is -0.480 e. The van der Waals surface area contributed by atoms with Gasteiger partial charge < -0.3 is 10.4 Å². The molecular formula is C12H15F3N2O2. The Balaban J connectivity index is 2.96. The SMILES string of the molecule is CCC(CC)(Nc1ccc(C(F)(F)F)cn1)C(=O)O. The maximum atomic E-state index is 12.4. The summed E-state index contributed by atoms with van der Waals surface area (Å²) < 4.78 is 37.1. The molecule has 0 atom stereocenters. The third-order valence-electron chi connectivity index (χ3n) is 3.07. The monoisotopic (exact) mass is 276 g/mol. The Morgan fingerprint density at radius 2 is 1.89 bits per heavy atom. The largest absolute Gasteiger partial charge is 0.480 e. The summed E-state index contributed by atoms with van der Waals surface area (Å²) in [5.74, 6) is -0.946. The van der Waals surface area contributed by atoms with Crippen LogP contribution in [0, 0.1) is 0 Å². The highest BCUT2D eigenvalue weighted by Crippen LogP contribution is 2.29. The fourth-order valence-corrected chi connectivity index (χ4v) is 1.66. The minimum atomic E-state index is -4.45. The number of alkyl halides is 3. The van der Waals surface area contributed by atoms with Crippen molar-refractivity contribution < 1.29 is 23.1 Å². The van der Waals surface area contributed by atoms with E-state index < -0.39 is 23.2 Å². The lowest BCUT2D eigenvalue weighted by atomic mass is 9.93. The number of carboxylic acid groups (broad SMARTS) is 1. The maximum Gasteiger partial charge on any atom is 0.417 e. The molecule has 0 radical (unpaired) electrons. The molecule has 1 aromatic rings. The Labute approximate surface area is 108 Å². The number of nitrogens with one attached hydrogen (secondary N) is 1. The van der Waals surface area contributed by atoms with Crippen LogP contribution >= 0.6 is 0 Å². The summed E-state index contributed by atoms with van der Waals surface area (Å²) in [6.45, 7) is 3.38. The number of carboxylic acids is 1. The summed E-state index contributed by atoms with van der Waals surface area (Å²) in [5.41, 5.74) is -2.08. The van der Waals surface area contributed by atoms with Gasteiger partial charge in [-0.3, -0.25) is 0 Å². The van der Waals surface area contributed by atoms with Crippen LogP contribution in [0.25, 0.3) is 0 Å². The standard InChI is InChI=1S/C12H15F3N2O2/c1-3-11(4-2,10(18)19)17-9-6-5-8(7-16-9)12(13,14)15/h5-7H,3-4H2,1-2H3,(H,16,17)(H,18,19). The van der Waals surface area contributed by atoms with Gasteiger partial charge in [0.05, 0.1) is 5.56 Å². The van der Waals surface area contributed by atoms with Crippen LogP contribution in [0.5, 0.6) is 0 Å². The first-order valence-corrected chi connectivity index (χ1v) is 5.80. The Kier molecular flexibility index (Phi) is 4.39. The van der Waals surface area contributed by atoms with Crippen molar-refractivity contribution in [2.45, 2.75) is 38.4 Å². The minimum absolute atomic E-state index is 0.110. The van der Waals surface area contributed by atoms with Crippen molar-refractivity contribution in [1.82, 2.24) is 4.98 Å². The molecule has 0 aliphatic carbocycles. The van der Waals surface area contributed by atoms with Gasteiger partial charge >= 0.3 is 12.1 Å². The van der Waals surface area contributed by atoms with E-state index in [0.717, 1.165) is 12.1 Å². The van der Waals surface area contributed by atoms with Crippen LogP contribution in [0.2, 0.25) is 0 Å². The van der Waals surface area contributed by atoms with E-state index in [4.69, 9.17) is 0 Å². The Morgan fingerprint density at radius 3 is 2.21 bits per heavy atom. The Morgan fingerprint density at radius 1 is 1.32 bits per heavy atom. The lowest BCUT2D eigenvalue weighted by Gasteiger charge is -2.28. The highest BCUT2D eigenvalue weighted by Gasteiger charge is 2.35. The van der Waals surface area contributed by atoms with Crippen molar-refractivity contribution in [3.05, 3.63) is 23.9 Å². The van der Waals surface area contributed by atoms with Crippen molar-refractivity contribution in [2.24, 2.45) is 0 Å². The van der Waals surface area contributed by atoms with Crippen LogP contribution in [-0.2, 0) is 11.0 Å². The molecule has 7 heteroatoms. The number of nitrogens with zero attached hydrogens (tertiary/aromatic N) is 1. The molecular weight excluding hydrogens is 261 g/mol. The summed E-state index contributed by atoms with van der Waals surface area (Å²) in [5, 5.41) is 11.9. The van der Waals surface area contributed by atoms with Gasteiger partial charge in [0.1, 0.15) is 11.4 Å². The van der Waals surface area contributed by atoms with E-state index >= 15 is 0 Å². The number of carbonyl (C=O) groups is 1. The zero-order chi connectivity index (χ0) is 14.7. The average molecular weight is 276 g/mol. The van der Waals surface area contributed by atoms with E-state index in [2.05, 4.69) is 10.3 Å². The third kappa shape index (κ3) is 3.36. The normalized spacial score (nSPS) is 12.3. The highest BCUT2D eigenvalue weighted by molar-refractivity contribution is 5.82. The number of hydrogen-bond acceptors (Lipinski definition) is 3. The van der Waals surface area contributed by atoms with Crippen LogP contribution < -0.4 is 5.32 Å². The molecule has 0 spiro atoms. The van der Waals surface area contributed by atoms with Crippen molar-refractivity contribution >= 4 is 11.8 Å². The van der Waals surface area contributed by atoms with E-state index in [1.165, 1.54) is 0 Å². The molecule has 0 amide bonds. The van der Waals surface area contributed by atoms with Crippen LogP contribution in [-0.4, -0.2) is 21.6 Å². The molecule has 0 aromatic carbocycles. The molecule has 4 nitrogen and oxygen atoms in total. The van der Waals surface area contributed by atoms with Crippen LogP contribution in [0.3, 0.4) is 0 Å². The smallest absolute Gasteiger partial charge is 0.417 e. The number of hydrogen-bond donors (Lipinski definition) is 2. The number of aliphatic carboxylic acids is 1. The Hall–Kier alpha value is -1.79. The van der Waals surface area contributed by atoms with Gasteiger partial charge in [-0.15, -0.1) is 0 Å². The zero-order valence-corrected chi connectivity index (χ0v) is 10.6. The molecule has 0 aliphatic rings. The fourth-order valence-electron chi connectivity index (χ4n) is 1.66. The van der Waals surface area contributed by atoms with E-state index in [1.807, 2.05) is 0 Å². The number of aromatic nitrogens is 1. The van der Waals surface area contributed by atoms with Gasteiger partial charge in [-0.25, -0.2) is 9.78 Å². The fraction of sp³-hybridized carbons (Fsp3) is 0.500.